The van der Waals surface area contributed by atoms with Crippen molar-refractivity contribution in [3.05, 3.63) is 35.6 Å². The zero-order valence-corrected chi connectivity index (χ0v) is 11.0. The van der Waals surface area contributed by atoms with Crippen molar-refractivity contribution in [2.45, 2.75) is 45.2 Å². The summed E-state index contributed by atoms with van der Waals surface area (Å²) in [6.07, 6.45) is -2.38. The molecule has 2 rings (SSSR count). The number of hydrogen-bond acceptors (Lipinski definition) is 4. The van der Waals surface area contributed by atoms with Crippen LogP contribution in [0.25, 0.3) is 11.0 Å². The first-order valence-electron chi connectivity index (χ1n) is 10.7. The molecule has 0 saturated heterocycles. The Morgan fingerprint density at radius 3 is 2.75 bits per heavy atom. The maximum atomic E-state index is 10.4. The molecule has 0 aliphatic heterocycles. The molecule has 0 amide bonds. The van der Waals surface area contributed by atoms with E-state index in [-0.39, 0.29) is 5.76 Å². The van der Waals surface area contributed by atoms with Crippen LogP contribution in [0.2, 0.25) is 0 Å². The zero-order chi connectivity index (χ0) is 22.4. The molecule has 2 unspecified atom stereocenters. The highest BCUT2D eigenvalue weighted by molar-refractivity contribution is 5.81. The zero-order valence-electron chi connectivity index (χ0n) is 20.0. The topological polar surface area (TPSA) is 65.6 Å². The fourth-order valence-corrected chi connectivity index (χ4v) is 1.95. The summed E-state index contributed by atoms with van der Waals surface area (Å²) < 4.78 is 73.8. The minimum absolute atomic E-state index is 0.0314. The van der Waals surface area contributed by atoms with Crippen LogP contribution >= 0.6 is 0 Å². The SMILES string of the molecule is [2H]C([2H])([2H])C(NCC(O)c1cc2cccc(C(C)O)c2o1)(C([2H])([2H])[2H])C([2H])([2H])[2H]. The van der Waals surface area contributed by atoms with Crippen LogP contribution < -0.4 is 5.32 Å². The van der Waals surface area contributed by atoms with Gasteiger partial charge in [0.05, 0.1) is 6.10 Å². The van der Waals surface area contributed by atoms with Gasteiger partial charge in [-0.1, -0.05) is 18.2 Å². The van der Waals surface area contributed by atoms with Crippen LogP contribution in [0, 0.1) is 0 Å². The fourth-order valence-electron chi connectivity index (χ4n) is 1.95. The van der Waals surface area contributed by atoms with E-state index in [2.05, 4.69) is 5.32 Å². The Labute approximate surface area is 132 Å². The van der Waals surface area contributed by atoms with E-state index in [0.717, 1.165) is 0 Å². The molecule has 2 aromatic rings. The van der Waals surface area contributed by atoms with Crippen LogP contribution in [-0.4, -0.2) is 22.3 Å². The molecule has 0 saturated carbocycles. The quantitative estimate of drug-likeness (QED) is 0.808. The van der Waals surface area contributed by atoms with E-state index >= 15 is 0 Å². The van der Waals surface area contributed by atoms with E-state index in [1.165, 1.54) is 13.0 Å². The minimum atomic E-state index is -3.42. The van der Waals surface area contributed by atoms with Crippen LogP contribution in [-0.2, 0) is 0 Å². The van der Waals surface area contributed by atoms with Crippen molar-refractivity contribution in [2.75, 3.05) is 6.54 Å². The van der Waals surface area contributed by atoms with Crippen molar-refractivity contribution in [3.63, 3.8) is 0 Å². The van der Waals surface area contributed by atoms with Gasteiger partial charge in [0.15, 0.2) is 0 Å². The van der Waals surface area contributed by atoms with Gasteiger partial charge in [-0.3, -0.25) is 0 Å². The highest BCUT2D eigenvalue weighted by atomic mass is 16.4. The van der Waals surface area contributed by atoms with E-state index in [1.807, 2.05) is 0 Å². The van der Waals surface area contributed by atoms with Gasteiger partial charge in [0, 0.05) is 35.4 Å². The summed E-state index contributed by atoms with van der Waals surface area (Å²) in [7, 11) is 0. The number of fused-ring (bicyclic) bond motifs is 1. The molecule has 0 bridgehead atoms. The molecule has 1 aromatic carbocycles. The summed E-state index contributed by atoms with van der Waals surface area (Å²) in [6, 6.07) is 6.44. The molecular formula is C16H23NO3. The van der Waals surface area contributed by atoms with Crippen LogP contribution in [0.5, 0.6) is 0 Å². The van der Waals surface area contributed by atoms with Crippen molar-refractivity contribution in [1.82, 2.24) is 5.32 Å². The third-order valence-electron chi connectivity index (χ3n) is 2.93. The van der Waals surface area contributed by atoms with E-state index in [1.54, 1.807) is 18.2 Å². The average Bonchev–Trinajstić information content (AvgIpc) is 2.94. The van der Waals surface area contributed by atoms with Gasteiger partial charge in [0.2, 0.25) is 0 Å². The third kappa shape index (κ3) is 3.39. The predicted molar refractivity (Wildman–Crippen MR) is 79.6 cm³/mol. The lowest BCUT2D eigenvalue weighted by molar-refractivity contribution is 0.139. The molecule has 20 heavy (non-hydrogen) atoms. The molecule has 4 heteroatoms. The molecule has 0 fully saturated rings. The Morgan fingerprint density at radius 1 is 1.35 bits per heavy atom. The van der Waals surface area contributed by atoms with Crippen LogP contribution in [0.15, 0.2) is 28.7 Å². The Kier molecular flexibility index (Phi) is 1.97. The lowest BCUT2D eigenvalue weighted by Gasteiger charge is -2.22. The van der Waals surface area contributed by atoms with E-state index < -0.39 is 44.8 Å². The summed E-state index contributed by atoms with van der Waals surface area (Å²) in [5, 5.41) is 22.9. The number of β-amino-alcohol motifs (C(OH)–C–C–N with tert-alkyl or cyclic N) is 1. The maximum Gasteiger partial charge on any atom is 0.140 e. The number of furan rings is 1. The number of rotatable bonds is 4. The van der Waals surface area contributed by atoms with E-state index in [9.17, 15) is 10.2 Å². The monoisotopic (exact) mass is 286 g/mol. The number of aliphatic hydroxyl groups excluding tert-OH is 2. The molecule has 2 atom stereocenters. The summed E-state index contributed by atoms with van der Waals surface area (Å²) in [4.78, 5) is 0. The summed E-state index contributed by atoms with van der Waals surface area (Å²) in [5.74, 6) is -0.0314. The summed E-state index contributed by atoms with van der Waals surface area (Å²) in [5.41, 5.74) is -2.47. The third-order valence-corrected chi connectivity index (χ3v) is 2.93. The van der Waals surface area contributed by atoms with Crippen molar-refractivity contribution in [1.29, 1.82) is 0 Å². The van der Waals surface area contributed by atoms with Gasteiger partial charge in [0.1, 0.15) is 17.4 Å². The first-order valence-corrected chi connectivity index (χ1v) is 6.16. The second-order valence-corrected chi connectivity index (χ2v) is 4.74. The Hall–Kier alpha value is -1.36. The van der Waals surface area contributed by atoms with E-state index in [4.69, 9.17) is 16.8 Å². The smallest absolute Gasteiger partial charge is 0.140 e. The Bertz CT molecular complexity index is 816. The van der Waals surface area contributed by atoms with Gasteiger partial charge in [0.25, 0.3) is 0 Å². The second-order valence-electron chi connectivity index (χ2n) is 4.74. The highest BCUT2D eigenvalue weighted by Gasteiger charge is 2.18. The van der Waals surface area contributed by atoms with Gasteiger partial charge in [-0.05, 0) is 33.5 Å². The highest BCUT2D eigenvalue weighted by Crippen LogP contribution is 2.29. The number of hydrogen-bond donors (Lipinski definition) is 3. The average molecular weight is 286 g/mol. The minimum Gasteiger partial charge on any atom is -0.458 e. The Morgan fingerprint density at radius 2 is 2.10 bits per heavy atom. The molecule has 0 radical (unpaired) electrons. The molecule has 0 aliphatic carbocycles. The van der Waals surface area contributed by atoms with Gasteiger partial charge in [-0.15, -0.1) is 0 Å². The largest absolute Gasteiger partial charge is 0.458 e. The van der Waals surface area contributed by atoms with Crippen molar-refractivity contribution in [2.24, 2.45) is 0 Å². The normalized spacial score (nSPS) is 24.1. The molecule has 1 heterocycles. The maximum absolute atomic E-state index is 10.4. The first kappa shape index (κ1) is 7.07. The number of benzene rings is 1. The van der Waals surface area contributed by atoms with Gasteiger partial charge in [-0.25, -0.2) is 0 Å². The predicted octanol–water partition coefficient (Wildman–Crippen LogP) is 2.91. The molecule has 1 aromatic heterocycles. The summed E-state index contributed by atoms with van der Waals surface area (Å²) in [6.45, 7) is -9.42. The van der Waals surface area contributed by atoms with Crippen LogP contribution in [0.3, 0.4) is 0 Å². The molecular weight excluding hydrogens is 254 g/mol. The molecule has 0 spiro atoms. The summed E-state index contributed by atoms with van der Waals surface area (Å²) >= 11 is 0. The van der Waals surface area contributed by atoms with E-state index in [0.29, 0.717) is 16.5 Å². The Balaban J connectivity index is 2.40. The molecule has 3 N–H and O–H groups in total. The van der Waals surface area contributed by atoms with Crippen molar-refractivity contribution < 1.29 is 27.0 Å². The lowest BCUT2D eigenvalue weighted by atomic mass is 10.1. The fraction of sp³-hybridized carbons (Fsp3) is 0.500. The van der Waals surface area contributed by atoms with Crippen molar-refractivity contribution in [3.8, 4) is 0 Å². The van der Waals surface area contributed by atoms with Crippen molar-refractivity contribution >= 4 is 11.0 Å². The number of aliphatic hydroxyl groups is 2. The van der Waals surface area contributed by atoms with Gasteiger partial charge >= 0.3 is 0 Å². The number of nitrogens with one attached hydrogen (secondary N) is 1. The standard InChI is InChI=1S/C16H23NO3/c1-10(18)12-7-5-6-11-8-14(20-15(11)12)13(19)9-17-16(2,3)4/h5-8,10,13,17-19H,9H2,1-4H3/i2D3,3D3,4D3. The van der Waals surface area contributed by atoms with Gasteiger partial charge in [-0.2, -0.15) is 0 Å². The number of para-hydroxylation sites is 1. The molecule has 4 nitrogen and oxygen atoms in total. The van der Waals surface area contributed by atoms with Crippen LogP contribution in [0.1, 0.15) is 63.3 Å². The lowest BCUT2D eigenvalue weighted by Crippen LogP contribution is -2.38. The van der Waals surface area contributed by atoms with Gasteiger partial charge < -0.3 is 19.9 Å². The second kappa shape index (κ2) is 5.56. The first-order chi connectivity index (χ1) is 13.0. The molecule has 110 valence electrons. The van der Waals surface area contributed by atoms with Crippen LogP contribution in [0.4, 0.5) is 0 Å². The molecule has 0 aliphatic rings.